The number of aromatic nitrogens is 1. The van der Waals surface area contributed by atoms with Gasteiger partial charge in [0.05, 0.1) is 12.2 Å². The van der Waals surface area contributed by atoms with Crippen molar-refractivity contribution >= 4 is 15.9 Å². The van der Waals surface area contributed by atoms with Crippen LogP contribution in [0.25, 0.3) is 0 Å². The molecule has 7 heteroatoms. The first-order valence-electron chi connectivity index (χ1n) is 8.46. The molecule has 0 unspecified atom stereocenters. The highest BCUT2D eigenvalue weighted by Crippen LogP contribution is 2.14. The van der Waals surface area contributed by atoms with Crippen molar-refractivity contribution in [1.29, 1.82) is 0 Å². The SMILES string of the molecule is O=C(Cc1cc[nH]c1)N1CCCN(S(=O)(=O)Cc2ccccc2)CC1. The number of hydrogen-bond acceptors (Lipinski definition) is 3. The predicted molar refractivity (Wildman–Crippen MR) is 96.3 cm³/mol. The minimum Gasteiger partial charge on any atom is -0.367 e. The van der Waals surface area contributed by atoms with Crippen LogP contribution in [0.1, 0.15) is 17.5 Å². The van der Waals surface area contributed by atoms with E-state index in [0.29, 0.717) is 39.0 Å². The zero-order valence-corrected chi connectivity index (χ0v) is 14.9. The number of carbonyl (C=O) groups is 1. The van der Waals surface area contributed by atoms with E-state index in [2.05, 4.69) is 4.98 Å². The fourth-order valence-corrected chi connectivity index (χ4v) is 4.62. The molecule has 25 heavy (non-hydrogen) atoms. The van der Waals surface area contributed by atoms with Crippen LogP contribution in [0.5, 0.6) is 0 Å². The summed E-state index contributed by atoms with van der Waals surface area (Å²) in [5.74, 6) is 0.0485. The summed E-state index contributed by atoms with van der Waals surface area (Å²) in [6, 6.07) is 11.1. The first-order valence-corrected chi connectivity index (χ1v) is 10.1. The molecule has 0 bridgehead atoms. The third-order valence-corrected chi connectivity index (χ3v) is 6.26. The van der Waals surface area contributed by atoms with Gasteiger partial charge in [0, 0.05) is 38.6 Å². The third kappa shape index (κ3) is 4.70. The Bertz CT molecular complexity index is 788. The minimum absolute atomic E-state index is 0.00510. The number of benzene rings is 1. The van der Waals surface area contributed by atoms with Gasteiger partial charge in [0.2, 0.25) is 15.9 Å². The van der Waals surface area contributed by atoms with Crippen LogP contribution < -0.4 is 0 Å². The molecule has 0 saturated carbocycles. The smallest absolute Gasteiger partial charge is 0.227 e. The molecule has 1 aromatic heterocycles. The molecular formula is C18H23N3O3S. The van der Waals surface area contributed by atoms with E-state index in [0.717, 1.165) is 11.1 Å². The normalized spacial score (nSPS) is 16.6. The van der Waals surface area contributed by atoms with Crippen molar-refractivity contribution in [3.05, 3.63) is 59.9 Å². The molecule has 0 aliphatic carbocycles. The molecule has 6 nitrogen and oxygen atoms in total. The number of rotatable bonds is 5. The first kappa shape index (κ1) is 17.7. The van der Waals surface area contributed by atoms with Crippen LogP contribution in [0, 0.1) is 0 Å². The summed E-state index contributed by atoms with van der Waals surface area (Å²) in [5.41, 5.74) is 1.73. The molecule has 2 aromatic rings. The van der Waals surface area contributed by atoms with Crippen molar-refractivity contribution in [2.45, 2.75) is 18.6 Å². The van der Waals surface area contributed by atoms with Crippen molar-refractivity contribution in [3.8, 4) is 0 Å². The second-order valence-corrected chi connectivity index (χ2v) is 8.24. The summed E-state index contributed by atoms with van der Waals surface area (Å²) in [7, 11) is -3.37. The van der Waals surface area contributed by atoms with Gasteiger partial charge in [-0.25, -0.2) is 8.42 Å². The van der Waals surface area contributed by atoms with Gasteiger partial charge < -0.3 is 9.88 Å². The fraction of sp³-hybridized carbons (Fsp3) is 0.389. The van der Waals surface area contributed by atoms with Crippen LogP contribution in [0.15, 0.2) is 48.8 Å². The van der Waals surface area contributed by atoms with Crippen molar-refractivity contribution in [1.82, 2.24) is 14.2 Å². The van der Waals surface area contributed by atoms with E-state index in [4.69, 9.17) is 0 Å². The minimum atomic E-state index is -3.37. The highest BCUT2D eigenvalue weighted by molar-refractivity contribution is 7.88. The lowest BCUT2D eigenvalue weighted by molar-refractivity contribution is -0.130. The average molecular weight is 361 g/mol. The van der Waals surface area contributed by atoms with Gasteiger partial charge in [-0.3, -0.25) is 4.79 Å². The molecule has 2 heterocycles. The Hall–Kier alpha value is -2.12. The molecule has 1 amide bonds. The topological polar surface area (TPSA) is 73.5 Å². The molecule has 0 radical (unpaired) electrons. The number of hydrogen-bond donors (Lipinski definition) is 1. The largest absolute Gasteiger partial charge is 0.367 e. The maximum absolute atomic E-state index is 12.7. The lowest BCUT2D eigenvalue weighted by Crippen LogP contribution is -2.38. The Kier molecular flexibility index (Phi) is 5.55. The Balaban J connectivity index is 1.60. The first-order chi connectivity index (χ1) is 12.0. The molecule has 1 aliphatic rings. The zero-order valence-electron chi connectivity index (χ0n) is 14.1. The zero-order chi connectivity index (χ0) is 17.7. The van der Waals surface area contributed by atoms with E-state index in [1.165, 1.54) is 4.31 Å². The summed E-state index contributed by atoms with van der Waals surface area (Å²) in [6.45, 7) is 1.86. The molecule has 0 atom stereocenters. The van der Waals surface area contributed by atoms with Crippen molar-refractivity contribution < 1.29 is 13.2 Å². The molecule has 1 aliphatic heterocycles. The maximum Gasteiger partial charge on any atom is 0.227 e. The number of carbonyl (C=O) groups excluding carboxylic acids is 1. The van der Waals surface area contributed by atoms with Crippen LogP contribution in [-0.2, 0) is 27.0 Å². The number of nitrogens with one attached hydrogen (secondary N) is 1. The summed E-state index contributed by atoms with van der Waals surface area (Å²) >= 11 is 0. The Morgan fingerprint density at radius 2 is 1.80 bits per heavy atom. The van der Waals surface area contributed by atoms with Gasteiger partial charge in [-0.05, 0) is 23.6 Å². The van der Waals surface area contributed by atoms with Gasteiger partial charge in [-0.1, -0.05) is 30.3 Å². The number of aromatic amines is 1. The lowest BCUT2D eigenvalue weighted by Gasteiger charge is -2.22. The van der Waals surface area contributed by atoms with Gasteiger partial charge >= 0.3 is 0 Å². The highest BCUT2D eigenvalue weighted by atomic mass is 32.2. The summed E-state index contributed by atoms with van der Waals surface area (Å²) in [4.78, 5) is 17.1. The van der Waals surface area contributed by atoms with Crippen LogP contribution in [-0.4, -0.2) is 54.7 Å². The molecule has 0 spiro atoms. The van der Waals surface area contributed by atoms with E-state index < -0.39 is 10.0 Å². The maximum atomic E-state index is 12.7. The van der Waals surface area contributed by atoms with Gasteiger partial charge in [0.15, 0.2) is 0 Å². The molecule has 1 aromatic carbocycles. The molecule has 1 saturated heterocycles. The molecule has 3 rings (SSSR count). The van der Waals surface area contributed by atoms with Crippen LogP contribution in [0.3, 0.4) is 0 Å². The van der Waals surface area contributed by atoms with Crippen LogP contribution in [0.2, 0.25) is 0 Å². The molecule has 1 fully saturated rings. The average Bonchev–Trinajstić information content (AvgIpc) is 2.95. The van der Waals surface area contributed by atoms with Gasteiger partial charge in [-0.15, -0.1) is 0 Å². The van der Waals surface area contributed by atoms with E-state index >= 15 is 0 Å². The van der Waals surface area contributed by atoms with Crippen LogP contribution >= 0.6 is 0 Å². The fourth-order valence-electron chi connectivity index (χ4n) is 3.05. The summed E-state index contributed by atoms with van der Waals surface area (Å²) < 4.78 is 26.8. The number of amides is 1. The van der Waals surface area contributed by atoms with Gasteiger partial charge in [-0.2, -0.15) is 4.31 Å². The van der Waals surface area contributed by atoms with Crippen LogP contribution in [0.4, 0.5) is 0 Å². The van der Waals surface area contributed by atoms with Crippen molar-refractivity contribution in [2.75, 3.05) is 26.2 Å². The van der Waals surface area contributed by atoms with Gasteiger partial charge in [0.25, 0.3) is 0 Å². The number of H-pyrrole nitrogens is 1. The third-order valence-electron chi connectivity index (χ3n) is 4.41. The summed E-state index contributed by atoms with van der Waals surface area (Å²) in [5, 5.41) is 0. The summed E-state index contributed by atoms with van der Waals surface area (Å²) in [6.07, 6.45) is 4.61. The second kappa shape index (κ2) is 7.84. The van der Waals surface area contributed by atoms with Gasteiger partial charge in [0.1, 0.15) is 0 Å². The van der Waals surface area contributed by atoms with Crippen molar-refractivity contribution in [3.63, 3.8) is 0 Å². The lowest BCUT2D eigenvalue weighted by atomic mass is 10.2. The van der Waals surface area contributed by atoms with Crippen molar-refractivity contribution in [2.24, 2.45) is 0 Å². The highest BCUT2D eigenvalue weighted by Gasteiger charge is 2.27. The molecule has 1 N–H and O–H groups in total. The standard InChI is InChI=1S/C18H23N3O3S/c22-18(13-17-7-8-19-14-17)20-9-4-10-21(12-11-20)25(23,24)15-16-5-2-1-3-6-16/h1-3,5-8,14,19H,4,9-13,15H2. The second-order valence-electron chi connectivity index (χ2n) is 6.27. The quantitative estimate of drug-likeness (QED) is 0.879. The van der Waals surface area contributed by atoms with E-state index in [1.807, 2.05) is 42.6 Å². The van der Waals surface area contributed by atoms with E-state index in [1.54, 1.807) is 11.1 Å². The number of sulfonamides is 1. The monoisotopic (exact) mass is 361 g/mol. The Labute approximate surface area is 148 Å². The Morgan fingerprint density at radius 1 is 1.00 bits per heavy atom. The van der Waals surface area contributed by atoms with E-state index in [9.17, 15) is 13.2 Å². The van der Waals surface area contributed by atoms with E-state index in [-0.39, 0.29) is 11.7 Å². The number of nitrogens with zero attached hydrogens (tertiary/aromatic N) is 2. The predicted octanol–water partition coefficient (Wildman–Crippen LogP) is 1.62. The molecular weight excluding hydrogens is 338 g/mol. The Morgan fingerprint density at radius 3 is 2.52 bits per heavy atom. The molecule has 134 valence electrons.